The molecule has 1 unspecified atom stereocenters. The van der Waals surface area contributed by atoms with E-state index in [-0.39, 0.29) is 58.2 Å². The SMILES string of the molecule is COc1cc(-c2cn(C)c(=O)c3cnccc23)cc(Cl)c1C(=O)N1CCC(N(C)C(=O)N2CCC(c3ccc(NC4CCC(=O)NC4=O)cc3F)CC2)CC1. The van der Waals surface area contributed by atoms with Crippen LogP contribution in [0.1, 0.15) is 60.4 Å². The molecule has 13 nitrogen and oxygen atoms in total. The average Bonchev–Trinajstić information content (AvgIpc) is 3.19. The minimum Gasteiger partial charge on any atom is -0.496 e. The topological polar surface area (TPSA) is 146 Å². The van der Waals surface area contributed by atoms with Gasteiger partial charge in [-0.2, -0.15) is 0 Å². The number of amides is 5. The third-order valence-electron chi connectivity index (χ3n) is 11.2. The Morgan fingerprint density at radius 1 is 0.982 bits per heavy atom. The van der Waals surface area contributed by atoms with Crippen LogP contribution in [0.3, 0.4) is 0 Å². The van der Waals surface area contributed by atoms with Crippen molar-refractivity contribution in [2.75, 3.05) is 45.7 Å². The van der Waals surface area contributed by atoms with Gasteiger partial charge >= 0.3 is 6.03 Å². The predicted octanol–water partition coefficient (Wildman–Crippen LogP) is 5.15. The number of anilines is 1. The number of hydrogen-bond donors (Lipinski definition) is 2. The summed E-state index contributed by atoms with van der Waals surface area (Å²) >= 11 is 6.80. The predicted molar refractivity (Wildman–Crippen MR) is 206 cm³/mol. The molecule has 55 heavy (non-hydrogen) atoms. The average molecular weight is 772 g/mol. The summed E-state index contributed by atoms with van der Waals surface area (Å²) in [4.78, 5) is 73.1. The number of pyridine rings is 2. The first kappa shape index (κ1) is 37.8. The van der Waals surface area contributed by atoms with Crippen molar-refractivity contribution in [1.82, 2.24) is 29.6 Å². The Balaban J connectivity index is 0.943. The molecule has 2 aromatic carbocycles. The Labute approximate surface area is 322 Å². The van der Waals surface area contributed by atoms with Crippen LogP contribution in [0, 0.1) is 5.82 Å². The van der Waals surface area contributed by atoms with Gasteiger partial charge < -0.3 is 29.3 Å². The van der Waals surface area contributed by atoms with E-state index >= 15 is 4.39 Å². The molecule has 0 spiro atoms. The Hall–Kier alpha value is -5.50. The molecule has 0 bridgehead atoms. The maximum Gasteiger partial charge on any atom is 0.319 e. The highest BCUT2D eigenvalue weighted by molar-refractivity contribution is 6.34. The number of carbonyl (C=O) groups excluding carboxylic acids is 4. The molecule has 1 atom stereocenters. The highest BCUT2D eigenvalue weighted by Gasteiger charge is 2.34. The summed E-state index contributed by atoms with van der Waals surface area (Å²) in [6.45, 7) is 1.83. The van der Waals surface area contributed by atoms with E-state index in [1.807, 2.05) is 0 Å². The van der Waals surface area contributed by atoms with E-state index in [1.54, 1.807) is 71.5 Å². The minimum atomic E-state index is -0.595. The number of rotatable bonds is 7. The lowest BCUT2D eigenvalue weighted by molar-refractivity contribution is -0.133. The molecule has 4 aromatic rings. The van der Waals surface area contributed by atoms with Crippen molar-refractivity contribution in [3.05, 3.63) is 87.3 Å². The monoisotopic (exact) mass is 771 g/mol. The van der Waals surface area contributed by atoms with E-state index < -0.39 is 11.9 Å². The minimum absolute atomic E-state index is 0.0517. The Morgan fingerprint density at radius 2 is 1.71 bits per heavy atom. The third-order valence-corrected chi connectivity index (χ3v) is 11.5. The van der Waals surface area contributed by atoms with Crippen molar-refractivity contribution < 1.29 is 28.3 Å². The van der Waals surface area contributed by atoms with Crippen molar-refractivity contribution >= 4 is 51.8 Å². The van der Waals surface area contributed by atoms with Gasteiger partial charge in [-0.25, -0.2) is 9.18 Å². The molecule has 2 N–H and O–H groups in total. The molecule has 5 heterocycles. The summed E-state index contributed by atoms with van der Waals surface area (Å²) < 4.78 is 22.4. The number of halogens is 2. The number of benzene rings is 2. The lowest BCUT2D eigenvalue weighted by Crippen LogP contribution is -2.52. The Kier molecular flexibility index (Phi) is 10.8. The largest absolute Gasteiger partial charge is 0.496 e. The number of nitrogens with one attached hydrogen (secondary N) is 2. The van der Waals surface area contributed by atoms with E-state index in [9.17, 15) is 24.0 Å². The zero-order valence-electron chi connectivity index (χ0n) is 30.9. The Morgan fingerprint density at radius 3 is 2.40 bits per heavy atom. The number of aryl methyl sites for hydroxylation is 1. The number of carbonyl (C=O) groups is 4. The summed E-state index contributed by atoms with van der Waals surface area (Å²) in [5, 5.41) is 6.73. The summed E-state index contributed by atoms with van der Waals surface area (Å²) in [6.07, 6.45) is 7.87. The van der Waals surface area contributed by atoms with Crippen LogP contribution in [-0.2, 0) is 16.6 Å². The fourth-order valence-electron chi connectivity index (χ4n) is 8.00. The fourth-order valence-corrected chi connectivity index (χ4v) is 8.29. The number of likely N-dealkylation sites (tertiary alicyclic amines) is 2. The molecule has 3 aliphatic heterocycles. The number of methoxy groups -OCH3 is 1. The first-order valence-electron chi connectivity index (χ1n) is 18.5. The molecule has 3 aliphatic rings. The molecule has 0 aliphatic carbocycles. The smallest absolute Gasteiger partial charge is 0.319 e. The van der Waals surface area contributed by atoms with E-state index in [4.69, 9.17) is 16.3 Å². The highest BCUT2D eigenvalue weighted by atomic mass is 35.5. The number of hydrogen-bond acceptors (Lipinski definition) is 8. The van der Waals surface area contributed by atoms with Gasteiger partial charge in [0.1, 0.15) is 23.2 Å². The molecule has 5 amide bonds. The van der Waals surface area contributed by atoms with Gasteiger partial charge in [0.05, 0.1) is 17.5 Å². The van der Waals surface area contributed by atoms with Crippen LogP contribution in [0.5, 0.6) is 5.75 Å². The number of imide groups is 1. The standard InChI is InChI=1S/C40H43ClFN7O6/c1-46-22-30(28-8-13-43-21-29(28)38(46)52)24-18-31(41)36(34(19-24)55-3)39(53)48-16-11-26(12-17-48)47(2)40(54)49-14-9-23(10-15-49)27-5-4-25(20-32(27)42)44-33-6-7-35(50)45-37(33)51/h4-5,8,13,18-23,26,33,44H,6-7,9-12,14-17H2,1-3H3,(H,45,50,51). The maximum absolute atomic E-state index is 15.3. The van der Waals surface area contributed by atoms with Crippen LogP contribution >= 0.6 is 11.6 Å². The molecule has 288 valence electrons. The van der Waals surface area contributed by atoms with E-state index in [0.717, 1.165) is 5.56 Å². The van der Waals surface area contributed by atoms with Crippen molar-refractivity contribution in [3.63, 3.8) is 0 Å². The van der Waals surface area contributed by atoms with Crippen LogP contribution in [0.2, 0.25) is 5.02 Å². The highest BCUT2D eigenvalue weighted by Crippen LogP contribution is 2.37. The van der Waals surface area contributed by atoms with E-state index in [2.05, 4.69) is 15.6 Å². The van der Waals surface area contributed by atoms with Crippen LogP contribution in [0.4, 0.5) is 14.9 Å². The molecular weight excluding hydrogens is 729 g/mol. The van der Waals surface area contributed by atoms with Crippen molar-refractivity contribution in [2.45, 2.75) is 56.5 Å². The van der Waals surface area contributed by atoms with Crippen LogP contribution in [0.25, 0.3) is 21.9 Å². The quantitative estimate of drug-likeness (QED) is 0.246. The zero-order valence-corrected chi connectivity index (χ0v) is 31.7. The number of aromatic nitrogens is 2. The molecule has 15 heteroatoms. The summed E-state index contributed by atoms with van der Waals surface area (Å²) in [5.74, 6) is -1.08. The van der Waals surface area contributed by atoms with Crippen LogP contribution in [0.15, 0.2) is 59.8 Å². The van der Waals surface area contributed by atoms with Gasteiger partial charge in [-0.1, -0.05) is 17.7 Å². The summed E-state index contributed by atoms with van der Waals surface area (Å²) in [6, 6.07) is 9.36. The van der Waals surface area contributed by atoms with Crippen molar-refractivity contribution in [3.8, 4) is 16.9 Å². The number of nitrogens with zero attached hydrogens (tertiary/aromatic N) is 5. The van der Waals surface area contributed by atoms with Gasteiger partial charge in [0.15, 0.2) is 0 Å². The number of piperidine rings is 3. The molecule has 3 saturated heterocycles. The lowest BCUT2D eigenvalue weighted by Gasteiger charge is -2.40. The second kappa shape index (κ2) is 15.7. The third kappa shape index (κ3) is 7.60. The van der Waals surface area contributed by atoms with Crippen molar-refractivity contribution in [2.24, 2.45) is 7.05 Å². The molecular formula is C40H43ClFN7O6. The molecule has 7 rings (SSSR count). The summed E-state index contributed by atoms with van der Waals surface area (Å²) in [5.41, 5.74) is 2.58. The number of ether oxygens (including phenoxy) is 1. The van der Waals surface area contributed by atoms with Gasteiger partial charge in [-0.05, 0) is 84.9 Å². The Bertz CT molecular complexity index is 2230. The summed E-state index contributed by atoms with van der Waals surface area (Å²) in [7, 11) is 4.95. The molecule has 0 radical (unpaired) electrons. The first-order valence-corrected chi connectivity index (χ1v) is 18.8. The van der Waals surface area contributed by atoms with Gasteiger partial charge in [0.25, 0.3) is 11.5 Å². The van der Waals surface area contributed by atoms with E-state index in [1.165, 1.54) is 23.9 Å². The van der Waals surface area contributed by atoms with Gasteiger partial charge in [-0.3, -0.25) is 29.5 Å². The van der Waals surface area contributed by atoms with Gasteiger partial charge in [0, 0.05) is 82.6 Å². The second-order valence-corrected chi connectivity index (χ2v) is 14.9. The lowest BCUT2D eigenvalue weighted by atomic mass is 9.89. The molecule has 3 fully saturated rings. The van der Waals surface area contributed by atoms with Crippen LogP contribution < -0.4 is 20.9 Å². The zero-order chi connectivity index (χ0) is 39.0. The second-order valence-electron chi connectivity index (χ2n) is 14.5. The van der Waals surface area contributed by atoms with Crippen molar-refractivity contribution in [1.29, 1.82) is 0 Å². The maximum atomic E-state index is 15.3. The fraction of sp³-hybridized carbons (Fsp3) is 0.400. The molecule has 2 aromatic heterocycles. The van der Waals surface area contributed by atoms with E-state index in [0.29, 0.717) is 91.6 Å². The number of fused-ring (bicyclic) bond motifs is 1. The van der Waals surface area contributed by atoms with Crippen LogP contribution in [-0.4, -0.2) is 100 Å². The van der Waals surface area contributed by atoms with Gasteiger partial charge in [0.2, 0.25) is 11.8 Å². The molecule has 0 saturated carbocycles. The van der Waals surface area contributed by atoms with Gasteiger partial charge in [-0.15, -0.1) is 0 Å². The normalized spacial score (nSPS) is 18.3. The number of urea groups is 1. The first-order chi connectivity index (χ1) is 26.4.